The number of nitrogens with one attached hydrogen (secondary N) is 2. The number of aromatic hydroxyl groups is 1. The number of allylic oxidation sites excluding steroid dienone is 1. The van der Waals surface area contributed by atoms with Gasteiger partial charge in [-0.15, -0.1) is 0 Å². The summed E-state index contributed by atoms with van der Waals surface area (Å²) >= 11 is 0. The molecule has 1 heterocycles. The van der Waals surface area contributed by atoms with E-state index in [0.29, 0.717) is 23.3 Å². The van der Waals surface area contributed by atoms with Crippen molar-refractivity contribution in [2.45, 2.75) is 32.7 Å². The minimum Gasteiger partial charge on any atom is -0.502 e. The molecule has 1 aliphatic heterocycles. The average Bonchev–Trinajstić information content (AvgIpc) is 2.61. The number of benzene rings is 1. The lowest BCUT2D eigenvalue weighted by atomic mass is 9.93. The van der Waals surface area contributed by atoms with Gasteiger partial charge in [-0.25, -0.2) is 9.59 Å². The molecule has 0 bridgehead atoms. The third-order valence-electron chi connectivity index (χ3n) is 3.98. The summed E-state index contributed by atoms with van der Waals surface area (Å²) in [5, 5.41) is 15.5. The largest absolute Gasteiger partial charge is 0.502 e. The molecule has 2 rings (SSSR count). The predicted octanol–water partition coefficient (Wildman–Crippen LogP) is 2.38. The van der Waals surface area contributed by atoms with Crippen LogP contribution < -0.4 is 20.1 Å². The summed E-state index contributed by atoms with van der Waals surface area (Å²) in [5.74, 6) is -0.325. The number of esters is 1. The van der Waals surface area contributed by atoms with E-state index >= 15 is 0 Å². The van der Waals surface area contributed by atoms with Crippen LogP contribution in [0.5, 0.6) is 17.2 Å². The van der Waals surface area contributed by atoms with Crippen LogP contribution in [0.15, 0.2) is 23.4 Å². The third kappa shape index (κ3) is 3.84. The fourth-order valence-electron chi connectivity index (χ4n) is 2.85. The average molecular weight is 364 g/mol. The molecule has 1 aliphatic rings. The van der Waals surface area contributed by atoms with Gasteiger partial charge in [0, 0.05) is 5.70 Å². The van der Waals surface area contributed by atoms with Crippen molar-refractivity contribution in [2.24, 2.45) is 0 Å². The number of carbonyl (C=O) groups excluding carboxylic acids is 2. The molecule has 2 amide bonds. The highest BCUT2D eigenvalue weighted by Crippen LogP contribution is 2.41. The molecule has 3 N–H and O–H groups in total. The Labute approximate surface area is 152 Å². The Morgan fingerprint density at radius 1 is 1.19 bits per heavy atom. The summed E-state index contributed by atoms with van der Waals surface area (Å²) in [4.78, 5) is 24.7. The Bertz CT molecular complexity index is 703. The van der Waals surface area contributed by atoms with Gasteiger partial charge in [-0.1, -0.05) is 13.3 Å². The smallest absolute Gasteiger partial charge is 0.338 e. The molecular weight excluding hydrogens is 340 g/mol. The van der Waals surface area contributed by atoms with Crippen LogP contribution >= 0.6 is 0 Å². The van der Waals surface area contributed by atoms with E-state index in [1.54, 1.807) is 19.1 Å². The standard InChI is InChI=1S/C18H24N2O6/c1-5-7-11-14(17(22)26-6-2)15(20-18(23)19-11)10-8-12(24-3)16(21)13(9-10)25-4/h8-9,15,21H,5-7H2,1-4H3,(H2,19,20,23). The van der Waals surface area contributed by atoms with E-state index in [1.807, 2.05) is 6.92 Å². The summed E-state index contributed by atoms with van der Waals surface area (Å²) in [6.45, 7) is 3.88. The quantitative estimate of drug-likeness (QED) is 0.642. The van der Waals surface area contributed by atoms with Gasteiger partial charge in [-0.3, -0.25) is 0 Å². The van der Waals surface area contributed by atoms with Crippen molar-refractivity contribution in [2.75, 3.05) is 20.8 Å². The van der Waals surface area contributed by atoms with Crippen LogP contribution in [0.3, 0.4) is 0 Å². The highest BCUT2D eigenvalue weighted by Gasteiger charge is 2.34. The second kappa shape index (κ2) is 8.46. The normalized spacial score (nSPS) is 16.6. The van der Waals surface area contributed by atoms with Crippen LogP contribution in [-0.2, 0) is 9.53 Å². The van der Waals surface area contributed by atoms with E-state index in [0.717, 1.165) is 6.42 Å². The Kier molecular flexibility index (Phi) is 6.32. The van der Waals surface area contributed by atoms with Gasteiger partial charge in [0.1, 0.15) is 0 Å². The molecule has 8 nitrogen and oxygen atoms in total. The first-order chi connectivity index (χ1) is 12.5. The maximum absolute atomic E-state index is 12.6. The van der Waals surface area contributed by atoms with Crippen LogP contribution in [0, 0.1) is 0 Å². The Balaban J connectivity index is 2.61. The molecule has 142 valence electrons. The van der Waals surface area contributed by atoms with E-state index < -0.39 is 18.0 Å². The number of carbonyl (C=O) groups is 2. The first-order valence-corrected chi connectivity index (χ1v) is 8.39. The molecular formula is C18H24N2O6. The molecule has 0 radical (unpaired) electrons. The van der Waals surface area contributed by atoms with Crippen LogP contribution in [0.2, 0.25) is 0 Å². The van der Waals surface area contributed by atoms with Crippen molar-refractivity contribution in [3.8, 4) is 17.2 Å². The molecule has 8 heteroatoms. The van der Waals surface area contributed by atoms with E-state index in [9.17, 15) is 14.7 Å². The topological polar surface area (TPSA) is 106 Å². The number of ether oxygens (including phenoxy) is 3. The summed E-state index contributed by atoms with van der Waals surface area (Å²) in [5.41, 5.74) is 1.37. The molecule has 0 spiro atoms. The minimum absolute atomic E-state index is 0.158. The monoisotopic (exact) mass is 364 g/mol. The number of phenolic OH excluding ortho intramolecular Hbond substituents is 1. The molecule has 1 aromatic carbocycles. The first kappa shape index (κ1) is 19.4. The van der Waals surface area contributed by atoms with Gasteiger partial charge in [0.2, 0.25) is 5.75 Å². The highest BCUT2D eigenvalue weighted by molar-refractivity contribution is 5.95. The highest BCUT2D eigenvalue weighted by atomic mass is 16.5. The lowest BCUT2D eigenvalue weighted by molar-refractivity contribution is -0.139. The first-order valence-electron chi connectivity index (χ1n) is 8.39. The van der Waals surface area contributed by atoms with Gasteiger partial charge < -0.3 is 30.0 Å². The van der Waals surface area contributed by atoms with E-state index in [4.69, 9.17) is 14.2 Å². The summed E-state index contributed by atoms with van der Waals surface area (Å²) in [7, 11) is 2.81. The van der Waals surface area contributed by atoms with Gasteiger partial charge in [0.15, 0.2) is 11.5 Å². The van der Waals surface area contributed by atoms with E-state index in [-0.39, 0.29) is 23.9 Å². The van der Waals surface area contributed by atoms with Crippen LogP contribution in [0.25, 0.3) is 0 Å². The Hall–Kier alpha value is -2.90. The number of urea groups is 1. The van der Waals surface area contributed by atoms with E-state index in [1.165, 1.54) is 14.2 Å². The fraction of sp³-hybridized carbons (Fsp3) is 0.444. The van der Waals surface area contributed by atoms with Gasteiger partial charge in [0.05, 0.1) is 32.4 Å². The van der Waals surface area contributed by atoms with E-state index in [2.05, 4.69) is 10.6 Å². The number of amides is 2. The summed E-state index contributed by atoms with van der Waals surface area (Å²) in [6, 6.07) is 1.93. The van der Waals surface area contributed by atoms with Crippen molar-refractivity contribution in [3.05, 3.63) is 29.0 Å². The Morgan fingerprint density at radius 3 is 2.31 bits per heavy atom. The van der Waals surface area contributed by atoms with Crippen molar-refractivity contribution >= 4 is 12.0 Å². The zero-order valence-corrected chi connectivity index (χ0v) is 15.3. The van der Waals surface area contributed by atoms with Crippen LogP contribution in [0.4, 0.5) is 4.79 Å². The number of hydrogen-bond acceptors (Lipinski definition) is 6. The number of phenols is 1. The van der Waals surface area contributed by atoms with Crippen molar-refractivity contribution in [3.63, 3.8) is 0 Å². The SMILES string of the molecule is CCCC1=C(C(=O)OCC)C(c2cc(OC)c(O)c(OC)c2)NC(=O)N1. The summed E-state index contributed by atoms with van der Waals surface area (Å²) < 4.78 is 15.5. The molecule has 0 aromatic heterocycles. The maximum atomic E-state index is 12.6. The molecule has 0 saturated heterocycles. The second-order valence-corrected chi connectivity index (χ2v) is 5.67. The van der Waals surface area contributed by atoms with Gasteiger partial charge >= 0.3 is 12.0 Å². The van der Waals surface area contributed by atoms with Gasteiger partial charge in [-0.2, -0.15) is 0 Å². The summed E-state index contributed by atoms with van der Waals surface area (Å²) in [6.07, 6.45) is 1.26. The molecule has 26 heavy (non-hydrogen) atoms. The van der Waals surface area contributed by atoms with Crippen molar-refractivity contribution in [1.82, 2.24) is 10.6 Å². The third-order valence-corrected chi connectivity index (χ3v) is 3.98. The second-order valence-electron chi connectivity index (χ2n) is 5.67. The lowest BCUT2D eigenvalue weighted by Crippen LogP contribution is -2.46. The molecule has 0 saturated carbocycles. The van der Waals surface area contributed by atoms with Crippen molar-refractivity contribution in [1.29, 1.82) is 0 Å². The molecule has 1 atom stereocenters. The Morgan fingerprint density at radius 2 is 1.81 bits per heavy atom. The number of hydrogen-bond donors (Lipinski definition) is 3. The van der Waals surface area contributed by atoms with Crippen LogP contribution in [-0.4, -0.2) is 37.9 Å². The minimum atomic E-state index is -0.757. The van der Waals surface area contributed by atoms with Gasteiger partial charge in [-0.05, 0) is 31.0 Å². The maximum Gasteiger partial charge on any atom is 0.338 e. The molecule has 0 aliphatic carbocycles. The zero-order chi connectivity index (χ0) is 19.3. The number of methoxy groups -OCH3 is 2. The fourth-order valence-corrected chi connectivity index (χ4v) is 2.85. The molecule has 0 fully saturated rings. The van der Waals surface area contributed by atoms with Gasteiger partial charge in [0.25, 0.3) is 0 Å². The lowest BCUT2D eigenvalue weighted by Gasteiger charge is -2.29. The number of rotatable bonds is 7. The molecule has 1 unspecified atom stereocenters. The zero-order valence-electron chi connectivity index (χ0n) is 15.3. The van der Waals surface area contributed by atoms with Crippen molar-refractivity contribution < 1.29 is 28.9 Å². The molecule has 1 aromatic rings. The predicted molar refractivity (Wildman–Crippen MR) is 94.2 cm³/mol. The van der Waals surface area contributed by atoms with Crippen LogP contribution in [0.1, 0.15) is 38.3 Å².